The number of aromatic carboxylic acids is 1. The Morgan fingerprint density at radius 3 is 2.61 bits per heavy atom. The third-order valence-electron chi connectivity index (χ3n) is 3.21. The molecule has 1 aliphatic carbocycles. The number of hydrogen-bond acceptors (Lipinski definition) is 3. The molecule has 0 aliphatic heterocycles. The summed E-state index contributed by atoms with van der Waals surface area (Å²) in [6.45, 7) is 0.283. The minimum atomic E-state index is -1.08. The molecule has 1 fully saturated rings. The molecule has 1 aromatic carbocycles. The van der Waals surface area contributed by atoms with E-state index < -0.39 is 11.4 Å². The number of anilines is 1. The standard InChI is InChI=1S/C12H13BrN2O3/c13-8-3-1-2-7(10(16)17)9(8)15-11(18)12(6-14)4-5-12/h1-3H,4-6,14H2,(H,15,18)(H,16,17). The first kappa shape index (κ1) is 13.0. The predicted octanol–water partition coefficient (Wildman–Crippen LogP) is 1.82. The number of halogens is 1. The molecule has 96 valence electrons. The Bertz CT molecular complexity index is 512. The number of benzene rings is 1. The lowest BCUT2D eigenvalue weighted by molar-refractivity contribution is -0.120. The summed E-state index contributed by atoms with van der Waals surface area (Å²) in [7, 11) is 0. The van der Waals surface area contributed by atoms with E-state index in [-0.39, 0.29) is 23.7 Å². The van der Waals surface area contributed by atoms with Crippen LogP contribution in [0.1, 0.15) is 23.2 Å². The van der Waals surface area contributed by atoms with E-state index in [1.165, 1.54) is 6.07 Å². The maximum atomic E-state index is 12.0. The Kier molecular flexibility index (Phi) is 3.41. The van der Waals surface area contributed by atoms with Gasteiger partial charge in [0.25, 0.3) is 0 Å². The molecule has 2 rings (SSSR count). The lowest BCUT2D eigenvalue weighted by Gasteiger charge is -2.15. The molecule has 0 heterocycles. The van der Waals surface area contributed by atoms with Crippen LogP contribution in [0.25, 0.3) is 0 Å². The number of amides is 1. The average Bonchev–Trinajstić information content (AvgIpc) is 3.12. The van der Waals surface area contributed by atoms with Gasteiger partial charge in [-0.05, 0) is 40.9 Å². The van der Waals surface area contributed by atoms with E-state index in [9.17, 15) is 9.59 Å². The first-order chi connectivity index (χ1) is 8.50. The van der Waals surface area contributed by atoms with Gasteiger partial charge in [0.1, 0.15) is 0 Å². The molecule has 4 N–H and O–H groups in total. The van der Waals surface area contributed by atoms with Crippen molar-refractivity contribution in [3.63, 3.8) is 0 Å². The van der Waals surface area contributed by atoms with Crippen LogP contribution in [0.2, 0.25) is 0 Å². The van der Waals surface area contributed by atoms with Crippen LogP contribution in [0.15, 0.2) is 22.7 Å². The Hall–Kier alpha value is -1.40. The number of nitrogens with two attached hydrogens (primary N) is 1. The molecule has 0 saturated heterocycles. The van der Waals surface area contributed by atoms with Crippen molar-refractivity contribution in [1.82, 2.24) is 0 Å². The lowest BCUT2D eigenvalue weighted by atomic mass is 10.1. The van der Waals surface area contributed by atoms with Crippen molar-refractivity contribution in [3.8, 4) is 0 Å². The van der Waals surface area contributed by atoms with Gasteiger partial charge in [0.15, 0.2) is 0 Å². The number of carbonyl (C=O) groups excluding carboxylic acids is 1. The topological polar surface area (TPSA) is 92.4 Å². The van der Waals surface area contributed by atoms with Crippen molar-refractivity contribution in [2.24, 2.45) is 11.1 Å². The van der Waals surface area contributed by atoms with Crippen LogP contribution in [0.5, 0.6) is 0 Å². The highest BCUT2D eigenvalue weighted by molar-refractivity contribution is 9.10. The van der Waals surface area contributed by atoms with Crippen molar-refractivity contribution >= 4 is 33.5 Å². The molecule has 0 atom stereocenters. The van der Waals surface area contributed by atoms with E-state index in [2.05, 4.69) is 21.2 Å². The fourth-order valence-electron chi connectivity index (χ4n) is 1.75. The molecular weight excluding hydrogens is 300 g/mol. The molecule has 0 aromatic heterocycles. The second-order valence-corrected chi connectivity index (χ2v) is 5.26. The monoisotopic (exact) mass is 312 g/mol. The van der Waals surface area contributed by atoms with Crippen molar-refractivity contribution in [2.45, 2.75) is 12.8 Å². The Labute approximate surface area is 112 Å². The average molecular weight is 313 g/mol. The van der Waals surface area contributed by atoms with Crippen LogP contribution < -0.4 is 11.1 Å². The number of carboxylic acid groups (broad SMARTS) is 1. The fraction of sp³-hybridized carbons (Fsp3) is 0.333. The first-order valence-electron chi connectivity index (χ1n) is 5.53. The third-order valence-corrected chi connectivity index (χ3v) is 3.87. The first-order valence-corrected chi connectivity index (χ1v) is 6.33. The molecule has 0 unspecified atom stereocenters. The van der Waals surface area contributed by atoms with Gasteiger partial charge in [-0.25, -0.2) is 4.79 Å². The molecule has 0 spiro atoms. The van der Waals surface area contributed by atoms with Crippen LogP contribution in [0, 0.1) is 5.41 Å². The maximum Gasteiger partial charge on any atom is 0.337 e. The van der Waals surface area contributed by atoms with Crippen molar-refractivity contribution in [3.05, 3.63) is 28.2 Å². The molecular formula is C12H13BrN2O3. The van der Waals surface area contributed by atoms with Gasteiger partial charge in [-0.15, -0.1) is 0 Å². The zero-order valence-electron chi connectivity index (χ0n) is 9.57. The molecule has 0 bridgehead atoms. The number of hydrogen-bond donors (Lipinski definition) is 3. The minimum Gasteiger partial charge on any atom is -0.478 e. The second-order valence-electron chi connectivity index (χ2n) is 4.41. The summed E-state index contributed by atoms with van der Waals surface area (Å²) in [6.07, 6.45) is 1.50. The number of rotatable bonds is 4. The highest BCUT2D eigenvalue weighted by atomic mass is 79.9. The van der Waals surface area contributed by atoms with E-state index in [4.69, 9.17) is 10.8 Å². The van der Waals surface area contributed by atoms with Gasteiger partial charge in [0.2, 0.25) is 5.91 Å². The summed E-state index contributed by atoms with van der Waals surface area (Å²) >= 11 is 3.24. The van der Waals surface area contributed by atoms with Crippen LogP contribution in [-0.2, 0) is 4.79 Å². The minimum absolute atomic E-state index is 0.0607. The smallest absolute Gasteiger partial charge is 0.337 e. The Morgan fingerprint density at radius 1 is 1.44 bits per heavy atom. The van der Waals surface area contributed by atoms with E-state index >= 15 is 0 Å². The van der Waals surface area contributed by atoms with Gasteiger partial charge < -0.3 is 16.2 Å². The fourth-order valence-corrected chi connectivity index (χ4v) is 2.22. The molecule has 1 aliphatic rings. The molecule has 0 radical (unpaired) electrons. The second kappa shape index (κ2) is 4.70. The molecule has 18 heavy (non-hydrogen) atoms. The lowest BCUT2D eigenvalue weighted by Crippen LogP contribution is -2.31. The summed E-state index contributed by atoms with van der Waals surface area (Å²) in [5.41, 5.74) is 5.41. The SMILES string of the molecule is NCC1(C(=O)Nc2c(Br)cccc2C(=O)O)CC1. The van der Waals surface area contributed by atoms with Crippen molar-refractivity contribution in [2.75, 3.05) is 11.9 Å². The van der Waals surface area contributed by atoms with Crippen molar-refractivity contribution < 1.29 is 14.7 Å². The normalized spacial score (nSPS) is 16.1. The zero-order chi connectivity index (χ0) is 13.3. The van der Waals surface area contributed by atoms with Gasteiger partial charge in [-0.2, -0.15) is 0 Å². The van der Waals surface area contributed by atoms with Crippen LogP contribution >= 0.6 is 15.9 Å². The van der Waals surface area contributed by atoms with Gasteiger partial charge in [0, 0.05) is 11.0 Å². The number of para-hydroxylation sites is 1. The highest BCUT2D eigenvalue weighted by Crippen LogP contribution is 2.45. The molecule has 1 saturated carbocycles. The van der Waals surface area contributed by atoms with Gasteiger partial charge in [-0.3, -0.25) is 4.79 Å². The van der Waals surface area contributed by atoms with Crippen LogP contribution in [0.3, 0.4) is 0 Å². The largest absolute Gasteiger partial charge is 0.478 e. The summed E-state index contributed by atoms with van der Waals surface area (Å²) in [4.78, 5) is 23.1. The van der Waals surface area contributed by atoms with E-state index in [1.54, 1.807) is 12.1 Å². The van der Waals surface area contributed by atoms with Crippen LogP contribution in [-0.4, -0.2) is 23.5 Å². The van der Waals surface area contributed by atoms with Gasteiger partial charge >= 0.3 is 5.97 Å². The molecule has 1 aromatic rings. The van der Waals surface area contributed by atoms with E-state index in [0.29, 0.717) is 4.47 Å². The maximum absolute atomic E-state index is 12.0. The highest BCUT2D eigenvalue weighted by Gasteiger charge is 2.48. The number of carboxylic acids is 1. The Morgan fingerprint density at radius 2 is 2.11 bits per heavy atom. The van der Waals surface area contributed by atoms with Gasteiger partial charge in [0.05, 0.1) is 16.7 Å². The van der Waals surface area contributed by atoms with E-state index in [0.717, 1.165) is 12.8 Å². The quantitative estimate of drug-likeness (QED) is 0.790. The predicted molar refractivity (Wildman–Crippen MR) is 70.5 cm³/mol. The number of carbonyl (C=O) groups is 2. The Balaban J connectivity index is 2.29. The van der Waals surface area contributed by atoms with E-state index in [1.807, 2.05) is 0 Å². The molecule has 5 nitrogen and oxygen atoms in total. The van der Waals surface area contributed by atoms with Crippen LogP contribution in [0.4, 0.5) is 5.69 Å². The summed E-state index contributed by atoms with van der Waals surface area (Å²) < 4.78 is 0.545. The zero-order valence-corrected chi connectivity index (χ0v) is 11.2. The molecule has 1 amide bonds. The third kappa shape index (κ3) is 2.26. The summed E-state index contributed by atoms with van der Waals surface area (Å²) in [6, 6.07) is 4.74. The number of nitrogens with one attached hydrogen (secondary N) is 1. The van der Waals surface area contributed by atoms with Gasteiger partial charge in [-0.1, -0.05) is 6.07 Å². The summed E-state index contributed by atoms with van der Waals surface area (Å²) in [5, 5.41) is 11.7. The molecule has 6 heteroatoms. The summed E-state index contributed by atoms with van der Waals surface area (Å²) in [5.74, 6) is -1.29. The van der Waals surface area contributed by atoms with Crippen molar-refractivity contribution in [1.29, 1.82) is 0 Å².